The van der Waals surface area contributed by atoms with Crippen molar-refractivity contribution in [1.82, 2.24) is 14.6 Å². The highest BCUT2D eigenvalue weighted by Gasteiger charge is 2.49. The smallest absolute Gasteiger partial charge is 0.351 e. The molecule has 0 bridgehead atoms. The summed E-state index contributed by atoms with van der Waals surface area (Å²) in [6.45, 7) is -0.505. The van der Waals surface area contributed by atoms with Crippen LogP contribution >= 0.6 is 0 Å². The van der Waals surface area contributed by atoms with Crippen molar-refractivity contribution < 1.29 is 19.7 Å². The minimum Gasteiger partial charge on any atom is -0.394 e. The van der Waals surface area contributed by atoms with Gasteiger partial charge in [0.25, 0.3) is 0 Å². The second-order valence-corrected chi connectivity index (χ2v) is 4.76. The van der Waals surface area contributed by atoms with E-state index in [9.17, 15) is 19.8 Å². The number of aliphatic hydroxyl groups is 2. The lowest BCUT2D eigenvalue weighted by molar-refractivity contribution is -0.139. The Labute approximate surface area is 119 Å². The molecule has 1 aromatic heterocycles. The topological polar surface area (TPSA) is 157 Å². The zero-order valence-corrected chi connectivity index (χ0v) is 11.3. The van der Waals surface area contributed by atoms with Gasteiger partial charge in [0.2, 0.25) is 5.91 Å². The molecule has 21 heavy (non-hydrogen) atoms. The summed E-state index contributed by atoms with van der Waals surface area (Å²) in [6.07, 6.45) is -2.19. The van der Waals surface area contributed by atoms with Crippen molar-refractivity contribution in [2.75, 3.05) is 19.4 Å². The molecule has 0 radical (unpaired) electrons. The molecule has 4 atom stereocenters. The minimum absolute atomic E-state index is 0.0248. The van der Waals surface area contributed by atoms with Crippen molar-refractivity contribution in [3.05, 3.63) is 22.7 Å². The molecule has 1 fully saturated rings. The molecular formula is C11H17N5O5. The van der Waals surface area contributed by atoms with Crippen molar-refractivity contribution in [3.63, 3.8) is 0 Å². The van der Waals surface area contributed by atoms with Gasteiger partial charge >= 0.3 is 5.69 Å². The van der Waals surface area contributed by atoms with E-state index in [-0.39, 0.29) is 5.82 Å². The van der Waals surface area contributed by atoms with Crippen molar-refractivity contribution in [1.29, 1.82) is 0 Å². The van der Waals surface area contributed by atoms with Crippen LogP contribution < -0.4 is 17.3 Å². The number of hydrogen-bond acceptors (Lipinski definition) is 8. The summed E-state index contributed by atoms with van der Waals surface area (Å²) < 4.78 is 6.40. The first-order valence-electron chi connectivity index (χ1n) is 6.18. The molecule has 1 aromatic rings. The maximum absolute atomic E-state index is 12.0. The Bertz CT molecular complexity index is 589. The lowest BCUT2D eigenvalue weighted by Gasteiger charge is -2.21. The fourth-order valence-corrected chi connectivity index (χ4v) is 2.29. The number of nitrogens with two attached hydrogens (primary N) is 2. The molecule has 0 saturated carbocycles. The summed E-state index contributed by atoms with van der Waals surface area (Å²) in [5.41, 5.74) is 4.65. The van der Waals surface area contributed by atoms with E-state index < -0.39 is 42.6 Å². The van der Waals surface area contributed by atoms with Gasteiger partial charge in [-0.05, 0) is 6.07 Å². The molecule has 1 amide bonds. The molecule has 10 heteroatoms. The number of carbonyl (C=O) groups excluding carboxylic acids is 1. The predicted molar refractivity (Wildman–Crippen MR) is 70.4 cm³/mol. The first kappa shape index (κ1) is 15.4. The first-order valence-corrected chi connectivity index (χ1v) is 6.18. The Morgan fingerprint density at radius 1 is 1.62 bits per heavy atom. The number of aromatic nitrogens is 2. The van der Waals surface area contributed by atoms with Crippen molar-refractivity contribution in [2.45, 2.75) is 18.4 Å². The fourth-order valence-electron chi connectivity index (χ4n) is 2.29. The van der Waals surface area contributed by atoms with Crippen molar-refractivity contribution in [2.24, 2.45) is 11.8 Å². The minimum atomic E-state index is -1.36. The number of hydrazine groups is 1. The highest BCUT2D eigenvalue weighted by Crippen LogP contribution is 2.33. The summed E-state index contributed by atoms with van der Waals surface area (Å²) in [5.74, 6) is 3.70. The van der Waals surface area contributed by atoms with Crippen LogP contribution in [0.3, 0.4) is 0 Å². The van der Waals surface area contributed by atoms with Crippen molar-refractivity contribution >= 4 is 11.7 Å². The van der Waals surface area contributed by atoms with Crippen LogP contribution in [0, 0.1) is 5.92 Å². The van der Waals surface area contributed by atoms with Gasteiger partial charge in [0.1, 0.15) is 11.9 Å². The van der Waals surface area contributed by atoms with Crippen LogP contribution in [0.2, 0.25) is 0 Å². The maximum atomic E-state index is 12.0. The van der Waals surface area contributed by atoms with Gasteiger partial charge < -0.3 is 20.7 Å². The molecule has 1 aliphatic heterocycles. The average molecular weight is 299 g/mol. The molecule has 0 aliphatic carbocycles. The third-order valence-electron chi connectivity index (χ3n) is 3.31. The third-order valence-corrected chi connectivity index (χ3v) is 3.31. The Morgan fingerprint density at radius 3 is 2.81 bits per heavy atom. The van der Waals surface area contributed by atoms with Gasteiger partial charge in [-0.25, -0.2) is 10.6 Å². The van der Waals surface area contributed by atoms with Crippen molar-refractivity contribution in [3.8, 4) is 0 Å². The van der Waals surface area contributed by atoms with Gasteiger partial charge in [0.05, 0.1) is 18.6 Å². The van der Waals surface area contributed by atoms with E-state index in [0.29, 0.717) is 0 Å². The second-order valence-electron chi connectivity index (χ2n) is 4.76. The van der Waals surface area contributed by atoms with Gasteiger partial charge in [-0.1, -0.05) is 0 Å². The molecule has 2 heterocycles. The summed E-state index contributed by atoms with van der Waals surface area (Å²) in [4.78, 5) is 27.3. The number of carbonyl (C=O) groups is 1. The second kappa shape index (κ2) is 5.77. The summed E-state index contributed by atoms with van der Waals surface area (Å²) in [6, 6.07) is 1.36. The van der Waals surface area contributed by atoms with E-state index in [0.717, 1.165) is 9.58 Å². The molecule has 10 nitrogen and oxygen atoms in total. The monoisotopic (exact) mass is 299 g/mol. The number of amides is 1. The number of ether oxygens (including phenoxy) is 1. The quantitative estimate of drug-likeness (QED) is 0.262. The number of rotatable bonds is 3. The number of aliphatic hydroxyl groups excluding tert-OH is 2. The highest BCUT2D eigenvalue weighted by molar-refractivity contribution is 5.79. The van der Waals surface area contributed by atoms with Crippen LogP contribution in [0.1, 0.15) is 6.23 Å². The lowest BCUT2D eigenvalue weighted by Crippen LogP contribution is -2.46. The number of hydrogen-bond donors (Lipinski definition) is 4. The van der Waals surface area contributed by atoms with Crippen LogP contribution in [0.25, 0.3) is 0 Å². The van der Waals surface area contributed by atoms with Crippen LogP contribution in [-0.4, -0.2) is 56.5 Å². The zero-order chi connectivity index (χ0) is 15.7. The van der Waals surface area contributed by atoms with E-state index in [4.69, 9.17) is 16.3 Å². The molecular weight excluding hydrogens is 282 g/mol. The van der Waals surface area contributed by atoms with Crippen LogP contribution in [0.15, 0.2) is 17.1 Å². The summed E-state index contributed by atoms with van der Waals surface area (Å²) >= 11 is 0. The average Bonchev–Trinajstić information content (AvgIpc) is 2.74. The molecule has 1 aliphatic rings. The van der Waals surface area contributed by atoms with E-state index in [1.54, 1.807) is 0 Å². The van der Waals surface area contributed by atoms with Crippen LogP contribution in [0.4, 0.5) is 5.82 Å². The Kier molecular flexibility index (Phi) is 4.23. The molecule has 0 unspecified atom stereocenters. The lowest BCUT2D eigenvalue weighted by atomic mass is 9.97. The van der Waals surface area contributed by atoms with Gasteiger partial charge in [0.15, 0.2) is 6.23 Å². The van der Waals surface area contributed by atoms with E-state index in [1.165, 1.54) is 19.3 Å². The largest absolute Gasteiger partial charge is 0.394 e. The van der Waals surface area contributed by atoms with Gasteiger partial charge in [-0.15, -0.1) is 0 Å². The van der Waals surface area contributed by atoms with E-state index >= 15 is 0 Å². The molecule has 0 spiro atoms. The molecule has 6 N–H and O–H groups in total. The van der Waals surface area contributed by atoms with Crippen LogP contribution in [0.5, 0.6) is 0 Å². The van der Waals surface area contributed by atoms with Gasteiger partial charge in [-0.2, -0.15) is 4.98 Å². The molecule has 2 rings (SSSR count). The summed E-state index contributed by atoms with van der Waals surface area (Å²) in [7, 11) is 1.31. The number of nitrogen functional groups attached to an aromatic ring is 1. The molecule has 116 valence electrons. The van der Waals surface area contributed by atoms with E-state index in [1.807, 2.05) is 0 Å². The maximum Gasteiger partial charge on any atom is 0.351 e. The normalized spacial score (nSPS) is 28.6. The van der Waals surface area contributed by atoms with Gasteiger partial charge in [-0.3, -0.25) is 14.4 Å². The Balaban J connectivity index is 2.35. The molecule has 0 aromatic carbocycles. The molecule has 1 saturated heterocycles. The third kappa shape index (κ3) is 2.74. The Hall–Kier alpha value is -2.01. The van der Waals surface area contributed by atoms with E-state index in [2.05, 4.69) is 4.98 Å². The zero-order valence-electron chi connectivity index (χ0n) is 11.3. The fraction of sp³-hybridized carbons (Fsp3) is 0.545. The first-order chi connectivity index (χ1) is 9.86. The standard InChI is InChI=1S/C11H17N5O5/c1-15(13)9(19)7-5(4-17)21-10(8(7)18)16-3-2-6(12)14-11(16)20/h2-3,5,7-8,10,17-18H,4,13H2,1H3,(H2,12,14,20)/t5-,7+,8-,10-/m1/s1. The number of anilines is 1. The number of nitrogens with zero attached hydrogens (tertiary/aromatic N) is 3. The van der Waals surface area contributed by atoms with Crippen LogP contribution in [-0.2, 0) is 9.53 Å². The summed E-state index contributed by atoms with van der Waals surface area (Å²) in [5, 5.41) is 20.3. The predicted octanol–water partition coefficient (Wildman–Crippen LogP) is -2.98. The Morgan fingerprint density at radius 2 is 2.29 bits per heavy atom. The highest BCUT2D eigenvalue weighted by atomic mass is 16.5. The SMILES string of the molecule is CN(N)C(=O)[C@@H]1[C@@H](O)[C@H](n2ccc(N)nc2=O)O[C@@H]1CO. The van der Waals surface area contributed by atoms with Gasteiger partial charge in [0, 0.05) is 13.2 Å².